The van der Waals surface area contributed by atoms with Gasteiger partial charge in [-0.2, -0.15) is 0 Å². The molecule has 7 aromatic carbocycles. The molecule has 0 bridgehead atoms. The predicted molar refractivity (Wildman–Crippen MR) is 156 cm³/mol. The quantitative estimate of drug-likeness (QED) is 0.255. The molecule has 0 heterocycles. The van der Waals surface area contributed by atoms with Crippen molar-refractivity contribution in [3.63, 3.8) is 0 Å². The second kappa shape index (κ2) is 11.9. The third kappa shape index (κ3) is 4.77. The van der Waals surface area contributed by atoms with E-state index < -0.39 is 0 Å². The molecule has 8 rings (SSSR count). The molecule has 191 valence electrons. The average Bonchev–Trinajstić information content (AvgIpc) is 3.49. The molecule has 0 aromatic heterocycles. The van der Waals surface area contributed by atoms with E-state index in [-0.39, 0.29) is 43.4 Å². The van der Waals surface area contributed by atoms with Crippen molar-refractivity contribution in [3.8, 4) is 11.1 Å². The Hall–Kier alpha value is -3.13. The first kappa shape index (κ1) is 28.9. The molecule has 0 amide bonds. The van der Waals surface area contributed by atoms with Crippen LogP contribution in [-0.2, 0) is 18.6 Å². The normalized spacial score (nSPS) is 13.0. The van der Waals surface area contributed by atoms with Crippen molar-refractivity contribution in [3.05, 3.63) is 139 Å². The Kier molecular flexibility index (Phi) is 8.84. The Bertz CT molecular complexity index is 1890. The van der Waals surface area contributed by atoms with Crippen molar-refractivity contribution in [2.75, 3.05) is 0 Å². The number of halogens is 2. The molecular weight excluding hydrogens is 554 g/mol. The van der Waals surface area contributed by atoms with Gasteiger partial charge in [-0.25, -0.2) is 0 Å². The van der Waals surface area contributed by atoms with E-state index in [0.717, 1.165) is 0 Å². The smallest absolute Gasteiger partial charge is 1.00 e. The molecule has 1 aliphatic carbocycles. The first-order chi connectivity index (χ1) is 17.8. The molecule has 0 saturated heterocycles. The molecule has 0 saturated carbocycles. The number of hydrogen-bond donors (Lipinski definition) is 0. The molecule has 1 atom stereocenters. The summed E-state index contributed by atoms with van der Waals surface area (Å²) in [6, 6.07) is 46.1. The average molecular weight is 581 g/mol. The number of rotatable bonds is 1. The van der Waals surface area contributed by atoms with Crippen LogP contribution in [0.4, 0.5) is 0 Å². The fourth-order valence-corrected chi connectivity index (χ4v) is 6.24. The van der Waals surface area contributed by atoms with Crippen LogP contribution in [0.5, 0.6) is 0 Å². The summed E-state index contributed by atoms with van der Waals surface area (Å²) in [5, 5.41) is 10.8. The van der Waals surface area contributed by atoms with Crippen molar-refractivity contribution in [2.45, 2.75) is 19.3 Å². The van der Waals surface area contributed by atoms with E-state index in [1.54, 1.807) is 0 Å². The molecule has 39 heavy (non-hydrogen) atoms. The van der Waals surface area contributed by atoms with E-state index in [2.05, 4.69) is 134 Å². The van der Waals surface area contributed by atoms with E-state index in [9.17, 15) is 0 Å². The molecule has 0 nitrogen and oxygen atoms in total. The number of hydrogen-bond acceptors (Lipinski definition) is 0. The zero-order valence-electron chi connectivity index (χ0n) is 21.6. The van der Waals surface area contributed by atoms with Crippen LogP contribution in [0.25, 0.3) is 54.2 Å². The Morgan fingerprint density at radius 2 is 1.13 bits per heavy atom. The minimum Gasteiger partial charge on any atom is -1.00 e. The predicted octanol–water partition coefficient (Wildman–Crippen LogP) is 4.23. The summed E-state index contributed by atoms with van der Waals surface area (Å²) in [5.41, 5.74) is 5.89. The molecule has 1 radical (unpaired) electrons. The van der Waals surface area contributed by atoms with Crippen molar-refractivity contribution in [1.82, 2.24) is 0 Å². The van der Waals surface area contributed by atoms with Gasteiger partial charge in [0, 0.05) is 5.92 Å². The fourth-order valence-electron chi connectivity index (χ4n) is 6.24. The maximum Gasteiger partial charge on any atom is 2.00 e. The van der Waals surface area contributed by atoms with E-state index in [1.165, 1.54) is 71.8 Å². The SMILES string of the molecule is CCC1c2ccccc2-c2c1ccc1ccccc21.[Cl-].[Cl-].[V+2].c1ccc2c(c1)ccc1[cH-]c3ccccc3c12. The molecule has 0 spiro atoms. The molecular formula is C36H27Cl2V-. The molecule has 0 fully saturated rings. The largest absolute Gasteiger partial charge is 2.00 e. The Morgan fingerprint density at radius 1 is 0.538 bits per heavy atom. The third-order valence-corrected chi connectivity index (χ3v) is 7.85. The van der Waals surface area contributed by atoms with Gasteiger partial charge in [0.05, 0.1) is 0 Å². The maximum absolute atomic E-state index is 2.33. The first-order valence-electron chi connectivity index (χ1n) is 12.9. The summed E-state index contributed by atoms with van der Waals surface area (Å²) < 4.78 is 0. The molecule has 7 aromatic rings. The summed E-state index contributed by atoms with van der Waals surface area (Å²) in [7, 11) is 0. The fraction of sp³-hybridized carbons (Fsp3) is 0.0833. The second-order valence-corrected chi connectivity index (χ2v) is 9.78. The summed E-state index contributed by atoms with van der Waals surface area (Å²) >= 11 is 0. The van der Waals surface area contributed by atoms with Crippen molar-refractivity contribution in [2.24, 2.45) is 0 Å². The van der Waals surface area contributed by atoms with E-state index in [1.807, 2.05) is 0 Å². The Labute approximate surface area is 254 Å². The first-order valence-corrected chi connectivity index (χ1v) is 12.9. The Morgan fingerprint density at radius 3 is 1.90 bits per heavy atom. The van der Waals surface area contributed by atoms with Gasteiger partial charge in [0.1, 0.15) is 0 Å². The van der Waals surface area contributed by atoms with Gasteiger partial charge in [0.25, 0.3) is 0 Å². The van der Waals surface area contributed by atoms with Gasteiger partial charge in [-0.05, 0) is 44.8 Å². The van der Waals surface area contributed by atoms with Gasteiger partial charge < -0.3 is 24.8 Å². The van der Waals surface area contributed by atoms with Crippen LogP contribution in [0.1, 0.15) is 30.4 Å². The van der Waals surface area contributed by atoms with Gasteiger partial charge in [0.15, 0.2) is 0 Å². The number of fused-ring (bicyclic) bond motifs is 10. The van der Waals surface area contributed by atoms with Gasteiger partial charge in [0.2, 0.25) is 0 Å². The van der Waals surface area contributed by atoms with Gasteiger partial charge >= 0.3 is 18.6 Å². The topological polar surface area (TPSA) is 0 Å². The zero-order chi connectivity index (χ0) is 24.1. The minimum atomic E-state index is 0. The standard InChI is InChI=1S/C19H16.C17H11.2ClH.V/c1-2-14-16-9-5-6-10-17(16)19-15-8-4-3-7-13(15)11-12-18(14)19;1-3-7-15-12(5-1)9-10-14-11-13-6-2-4-8-16(13)17(14)15;;;/h3-12,14H,2H2,1H3;1-11H;2*1H;/q;-1;;;+2/p-2. The summed E-state index contributed by atoms with van der Waals surface area (Å²) in [6.45, 7) is 2.28. The Balaban J connectivity index is 0.000000169. The molecule has 0 aliphatic heterocycles. The van der Waals surface area contributed by atoms with Crippen LogP contribution in [0.15, 0.2) is 127 Å². The molecule has 3 heteroatoms. The van der Waals surface area contributed by atoms with Crippen LogP contribution in [0, 0.1) is 0 Å². The van der Waals surface area contributed by atoms with Gasteiger partial charge in [-0.1, -0.05) is 122 Å². The molecule has 1 aliphatic rings. The zero-order valence-corrected chi connectivity index (χ0v) is 24.5. The monoisotopic (exact) mass is 580 g/mol. The van der Waals surface area contributed by atoms with Crippen LogP contribution >= 0.6 is 0 Å². The maximum atomic E-state index is 2.33. The van der Waals surface area contributed by atoms with Crippen molar-refractivity contribution < 1.29 is 43.4 Å². The van der Waals surface area contributed by atoms with E-state index >= 15 is 0 Å². The van der Waals surface area contributed by atoms with E-state index in [4.69, 9.17) is 0 Å². The summed E-state index contributed by atoms with van der Waals surface area (Å²) in [4.78, 5) is 0. The van der Waals surface area contributed by atoms with Gasteiger partial charge in [-0.3, -0.25) is 0 Å². The van der Waals surface area contributed by atoms with Crippen LogP contribution in [0.3, 0.4) is 0 Å². The van der Waals surface area contributed by atoms with Gasteiger partial charge in [-0.15, -0.1) is 39.7 Å². The third-order valence-electron chi connectivity index (χ3n) is 7.85. The van der Waals surface area contributed by atoms with Crippen LogP contribution in [0.2, 0.25) is 0 Å². The minimum absolute atomic E-state index is 0. The van der Waals surface area contributed by atoms with Crippen molar-refractivity contribution in [1.29, 1.82) is 0 Å². The van der Waals surface area contributed by atoms with Crippen LogP contribution in [-0.4, -0.2) is 0 Å². The molecule has 1 unspecified atom stereocenters. The van der Waals surface area contributed by atoms with Crippen molar-refractivity contribution >= 4 is 43.1 Å². The summed E-state index contributed by atoms with van der Waals surface area (Å²) in [6.07, 6.45) is 1.17. The van der Waals surface area contributed by atoms with Crippen LogP contribution < -0.4 is 24.8 Å². The van der Waals surface area contributed by atoms with E-state index in [0.29, 0.717) is 5.92 Å². The second-order valence-electron chi connectivity index (χ2n) is 9.78. The summed E-state index contributed by atoms with van der Waals surface area (Å²) in [5.74, 6) is 0.566. The number of benzene rings is 6. The molecule has 0 N–H and O–H groups in total.